The number of carboxylic acid groups (broad SMARTS) is 1. The van der Waals surface area contributed by atoms with Gasteiger partial charge in [-0.15, -0.1) is 0 Å². The van der Waals surface area contributed by atoms with E-state index in [1.807, 2.05) is 6.07 Å². The van der Waals surface area contributed by atoms with Gasteiger partial charge in [0.25, 0.3) is 11.8 Å². The highest BCUT2D eigenvalue weighted by molar-refractivity contribution is 6.02. The van der Waals surface area contributed by atoms with Crippen molar-refractivity contribution in [1.82, 2.24) is 4.90 Å². The van der Waals surface area contributed by atoms with Crippen molar-refractivity contribution in [3.05, 3.63) is 70.3 Å². The molecule has 2 amide bonds. The monoisotopic (exact) mass is 557 g/mol. The van der Waals surface area contributed by atoms with Crippen LogP contribution in [0, 0.1) is 11.3 Å². The summed E-state index contributed by atoms with van der Waals surface area (Å²) >= 11 is 0. The molecule has 0 bridgehead atoms. The molecule has 1 aliphatic rings. The molecule has 5 N–H and O–H groups in total. The number of piperidine rings is 1. The number of hydrogen-bond donors (Lipinski definition) is 3. The van der Waals surface area contributed by atoms with E-state index in [1.54, 1.807) is 24.3 Å². The van der Waals surface area contributed by atoms with E-state index in [9.17, 15) is 41.2 Å². The number of carbonyl (C=O) groups excluding carboxylic acids is 2. The topological polar surface area (TPSA) is 163 Å². The van der Waals surface area contributed by atoms with Crippen LogP contribution < -0.4 is 11.5 Å². The Morgan fingerprint density at radius 2 is 1.56 bits per heavy atom. The molecule has 0 spiro atoms. The van der Waals surface area contributed by atoms with Crippen LogP contribution in [0.15, 0.2) is 47.5 Å². The van der Waals surface area contributed by atoms with Gasteiger partial charge >= 0.3 is 18.3 Å². The highest BCUT2D eigenvalue weighted by atomic mass is 19.4. The average Bonchev–Trinajstić information content (AvgIpc) is 2.87. The van der Waals surface area contributed by atoms with Gasteiger partial charge in [0.15, 0.2) is 5.96 Å². The number of nitrogens with two attached hydrogens (primary N) is 2. The van der Waals surface area contributed by atoms with Gasteiger partial charge in [0.1, 0.15) is 0 Å². The summed E-state index contributed by atoms with van der Waals surface area (Å²) in [6.45, 7) is 0.491. The molecule has 0 atom stereocenters. The smallest absolute Gasteiger partial charge is 0.475 e. The van der Waals surface area contributed by atoms with Crippen LogP contribution in [0.4, 0.5) is 26.3 Å². The number of rotatable bonds is 3. The van der Waals surface area contributed by atoms with Crippen LogP contribution in [0.1, 0.15) is 56.2 Å². The Balaban J connectivity index is 0.000000673. The van der Waals surface area contributed by atoms with E-state index in [0.717, 1.165) is 6.07 Å². The van der Waals surface area contributed by atoms with E-state index in [1.165, 1.54) is 17.0 Å². The summed E-state index contributed by atoms with van der Waals surface area (Å²) in [7, 11) is 0. The largest absolute Gasteiger partial charge is 0.490 e. The van der Waals surface area contributed by atoms with Crippen LogP contribution in [0.25, 0.3) is 0 Å². The number of nitriles is 1. The van der Waals surface area contributed by atoms with Gasteiger partial charge in [0, 0.05) is 18.7 Å². The maximum Gasteiger partial charge on any atom is 0.490 e. The van der Waals surface area contributed by atoms with Gasteiger partial charge in [-0.05, 0) is 48.6 Å². The van der Waals surface area contributed by atoms with Crippen molar-refractivity contribution < 1.29 is 45.8 Å². The van der Waals surface area contributed by atoms with Crippen LogP contribution in [0.3, 0.4) is 0 Å². The number of aliphatic imine (C=N–C) groups is 1. The normalized spacial score (nSPS) is 13.9. The van der Waals surface area contributed by atoms with Crippen molar-refractivity contribution in [1.29, 1.82) is 5.26 Å². The van der Waals surface area contributed by atoms with Gasteiger partial charge in [0.05, 0.1) is 22.8 Å². The molecule has 0 aromatic heterocycles. The molecule has 15 heteroatoms. The number of nitrogens with zero attached hydrogens (tertiary/aromatic N) is 3. The van der Waals surface area contributed by atoms with Crippen LogP contribution in [0.2, 0.25) is 0 Å². The maximum atomic E-state index is 13.7. The van der Waals surface area contributed by atoms with Crippen molar-refractivity contribution in [2.24, 2.45) is 16.5 Å². The molecule has 1 fully saturated rings. The minimum Gasteiger partial charge on any atom is -0.475 e. The molecule has 208 valence electrons. The third-order valence-corrected chi connectivity index (χ3v) is 5.58. The summed E-state index contributed by atoms with van der Waals surface area (Å²) in [5.74, 6) is -5.03. The van der Waals surface area contributed by atoms with E-state index in [-0.39, 0.29) is 41.3 Å². The Bertz CT molecular complexity index is 1310. The van der Waals surface area contributed by atoms with E-state index in [4.69, 9.17) is 21.4 Å². The molecule has 0 radical (unpaired) electrons. The second kappa shape index (κ2) is 12.3. The number of carboxylic acids is 1. The number of hydrogen-bond acceptors (Lipinski definition) is 4. The van der Waals surface area contributed by atoms with Crippen LogP contribution >= 0.6 is 0 Å². The SMILES string of the molecule is N#Cc1ccccc1C(=O)N1CCC(c2ccc(C(=O)N=C(N)N)cc2C(F)(F)F)CC1.O=C(O)C(F)(F)F. The predicted octanol–water partition coefficient (Wildman–Crippen LogP) is 3.64. The lowest BCUT2D eigenvalue weighted by Crippen LogP contribution is -2.38. The Kier molecular flexibility index (Phi) is 9.65. The summed E-state index contributed by atoms with van der Waals surface area (Å²) in [5.41, 5.74) is 9.66. The number of carbonyl (C=O) groups is 3. The molecule has 3 rings (SSSR count). The van der Waals surface area contributed by atoms with Gasteiger partial charge in [0.2, 0.25) is 0 Å². The molecule has 1 heterocycles. The third kappa shape index (κ3) is 8.19. The van der Waals surface area contributed by atoms with Gasteiger partial charge in [-0.1, -0.05) is 18.2 Å². The molecular formula is C24H21F6N5O4. The summed E-state index contributed by atoms with van der Waals surface area (Å²) in [6, 6.07) is 11.7. The Morgan fingerprint density at radius 3 is 2.05 bits per heavy atom. The second-order valence-electron chi connectivity index (χ2n) is 8.17. The Hall–Kier alpha value is -4.61. The predicted molar refractivity (Wildman–Crippen MR) is 124 cm³/mol. The molecule has 0 unspecified atom stereocenters. The second-order valence-corrected chi connectivity index (χ2v) is 8.17. The van der Waals surface area contributed by atoms with Crippen molar-refractivity contribution >= 4 is 23.7 Å². The number of guanidine groups is 1. The molecule has 0 aliphatic carbocycles. The highest BCUT2D eigenvalue weighted by Gasteiger charge is 2.38. The van der Waals surface area contributed by atoms with Crippen molar-refractivity contribution in [3.8, 4) is 6.07 Å². The fraction of sp³-hybridized carbons (Fsp3) is 0.292. The van der Waals surface area contributed by atoms with E-state index in [2.05, 4.69) is 4.99 Å². The Labute approximate surface area is 217 Å². The van der Waals surface area contributed by atoms with E-state index >= 15 is 0 Å². The summed E-state index contributed by atoms with van der Waals surface area (Å²) in [4.78, 5) is 38.4. The molecule has 2 aromatic rings. The third-order valence-electron chi connectivity index (χ3n) is 5.58. The standard InChI is InChI=1S/C22H20F3N5O2.C2HF3O2/c23-22(24,25)18-11-14(19(31)29-21(27)28)5-6-16(18)13-7-9-30(10-8-13)20(32)17-4-2-1-3-15(17)12-26;3-2(4,5)1(6)7/h1-6,11,13H,7-10H2,(H4,27,28,29,31);(H,6,7). The minimum absolute atomic E-state index is 0.0586. The first-order valence-electron chi connectivity index (χ1n) is 11.0. The van der Waals surface area contributed by atoms with E-state index < -0.39 is 41.7 Å². The molecule has 1 saturated heterocycles. The van der Waals surface area contributed by atoms with Crippen LogP contribution in [0.5, 0.6) is 0 Å². The quantitative estimate of drug-likeness (QED) is 0.295. The molecule has 39 heavy (non-hydrogen) atoms. The first kappa shape index (κ1) is 30.6. The number of alkyl halides is 6. The molecule has 9 nitrogen and oxygen atoms in total. The Morgan fingerprint density at radius 1 is 1.00 bits per heavy atom. The first-order chi connectivity index (χ1) is 18.1. The zero-order valence-electron chi connectivity index (χ0n) is 19.9. The number of likely N-dealkylation sites (tertiary alicyclic amines) is 1. The van der Waals surface area contributed by atoms with Crippen molar-refractivity contribution in [3.63, 3.8) is 0 Å². The average molecular weight is 557 g/mol. The lowest BCUT2D eigenvalue weighted by Gasteiger charge is -2.33. The fourth-order valence-corrected chi connectivity index (χ4v) is 3.80. The lowest BCUT2D eigenvalue weighted by molar-refractivity contribution is -0.192. The maximum absolute atomic E-state index is 13.7. The highest BCUT2D eigenvalue weighted by Crippen LogP contribution is 2.39. The van der Waals surface area contributed by atoms with Gasteiger partial charge < -0.3 is 21.5 Å². The molecule has 2 aromatic carbocycles. The van der Waals surface area contributed by atoms with Crippen molar-refractivity contribution in [2.75, 3.05) is 13.1 Å². The van der Waals surface area contributed by atoms with Gasteiger partial charge in [-0.25, -0.2) is 4.79 Å². The first-order valence-corrected chi connectivity index (χ1v) is 11.0. The molecule has 0 saturated carbocycles. The summed E-state index contributed by atoms with van der Waals surface area (Å²) in [5, 5.41) is 16.3. The lowest BCUT2D eigenvalue weighted by atomic mass is 9.85. The van der Waals surface area contributed by atoms with Gasteiger partial charge in [-0.2, -0.15) is 36.6 Å². The number of amides is 2. The number of aliphatic carboxylic acids is 1. The minimum atomic E-state index is -5.08. The van der Waals surface area contributed by atoms with Gasteiger partial charge in [-0.3, -0.25) is 9.59 Å². The van der Waals surface area contributed by atoms with Crippen molar-refractivity contribution in [2.45, 2.75) is 31.1 Å². The summed E-state index contributed by atoms with van der Waals surface area (Å²) in [6.07, 6.45) is -9.14. The zero-order valence-corrected chi connectivity index (χ0v) is 19.9. The molecular weight excluding hydrogens is 536 g/mol. The zero-order chi connectivity index (χ0) is 29.5. The van der Waals surface area contributed by atoms with Crippen LogP contribution in [-0.2, 0) is 11.0 Å². The fourth-order valence-electron chi connectivity index (χ4n) is 3.80. The number of halogens is 6. The van der Waals surface area contributed by atoms with Crippen LogP contribution in [-0.4, -0.2) is 53.0 Å². The number of benzene rings is 2. The molecule has 1 aliphatic heterocycles. The summed E-state index contributed by atoms with van der Waals surface area (Å²) < 4.78 is 72.9. The van der Waals surface area contributed by atoms with E-state index in [0.29, 0.717) is 12.8 Å².